The highest BCUT2D eigenvalue weighted by Gasteiger charge is 2.14. The van der Waals surface area contributed by atoms with Gasteiger partial charge in [0.2, 0.25) is 0 Å². The van der Waals surface area contributed by atoms with Crippen LogP contribution in [0.5, 0.6) is 0 Å². The van der Waals surface area contributed by atoms with Crippen LogP contribution in [0, 0.1) is 4.77 Å². The third-order valence-electron chi connectivity index (χ3n) is 4.37. The van der Waals surface area contributed by atoms with Crippen molar-refractivity contribution in [1.29, 1.82) is 0 Å². The maximum Gasteiger partial charge on any atom is 0.179 e. The molecule has 3 aromatic rings. The molecule has 24 heavy (non-hydrogen) atoms. The summed E-state index contributed by atoms with van der Waals surface area (Å²) in [7, 11) is 4.15. The molecule has 0 aliphatic rings. The van der Waals surface area contributed by atoms with Gasteiger partial charge in [-0.05, 0) is 44.2 Å². The predicted octanol–water partition coefficient (Wildman–Crippen LogP) is 3.52. The second-order valence-corrected chi connectivity index (χ2v) is 6.67. The molecule has 0 amide bonds. The van der Waals surface area contributed by atoms with Crippen molar-refractivity contribution >= 4 is 23.4 Å². The number of aromatic amines is 1. The Hall–Kier alpha value is -1.92. The molecule has 0 saturated carbocycles. The van der Waals surface area contributed by atoms with Gasteiger partial charge in [-0.1, -0.05) is 37.3 Å². The number of benzene rings is 1. The zero-order chi connectivity index (χ0) is 17.1. The van der Waals surface area contributed by atoms with E-state index in [9.17, 15) is 0 Å². The van der Waals surface area contributed by atoms with E-state index in [0.717, 1.165) is 54.1 Å². The maximum atomic E-state index is 5.51. The molecular weight excluding hydrogens is 318 g/mol. The largest absolute Gasteiger partial charge is 0.328 e. The van der Waals surface area contributed by atoms with Crippen molar-refractivity contribution in [2.24, 2.45) is 7.05 Å². The summed E-state index contributed by atoms with van der Waals surface area (Å²) in [6.07, 6.45) is 1.96. The molecule has 128 valence electrons. The van der Waals surface area contributed by atoms with Crippen LogP contribution >= 0.6 is 12.2 Å². The van der Waals surface area contributed by atoms with Gasteiger partial charge in [0.15, 0.2) is 10.4 Å². The molecule has 0 aliphatic heterocycles. The van der Waals surface area contributed by atoms with Gasteiger partial charge in [0, 0.05) is 20.1 Å². The van der Waals surface area contributed by atoms with Crippen molar-refractivity contribution in [1.82, 2.24) is 24.2 Å². The average molecular weight is 344 g/mol. The van der Waals surface area contributed by atoms with E-state index in [4.69, 9.17) is 12.2 Å². The molecule has 2 heterocycles. The summed E-state index contributed by atoms with van der Waals surface area (Å²) in [5.41, 5.74) is 4.61. The van der Waals surface area contributed by atoms with E-state index in [1.54, 1.807) is 0 Å². The van der Waals surface area contributed by atoms with Crippen LogP contribution in [0.1, 0.15) is 24.6 Å². The molecule has 0 spiro atoms. The van der Waals surface area contributed by atoms with Gasteiger partial charge in [-0.3, -0.25) is 4.68 Å². The lowest BCUT2D eigenvalue weighted by molar-refractivity contribution is 0.314. The molecule has 0 fully saturated rings. The minimum Gasteiger partial charge on any atom is -0.328 e. The topological polar surface area (TPSA) is 41.8 Å². The molecule has 0 bridgehead atoms. The molecule has 6 heteroatoms. The molecule has 3 rings (SSSR count). The minimum absolute atomic E-state index is 0.790. The van der Waals surface area contributed by atoms with Gasteiger partial charge in [-0.15, -0.1) is 0 Å². The van der Waals surface area contributed by atoms with Gasteiger partial charge in [-0.25, -0.2) is 0 Å². The minimum atomic E-state index is 0.790. The highest BCUT2D eigenvalue weighted by Crippen LogP contribution is 2.18. The lowest BCUT2D eigenvalue weighted by Crippen LogP contribution is -2.20. The Morgan fingerprint density at radius 3 is 2.71 bits per heavy atom. The van der Waals surface area contributed by atoms with E-state index in [-0.39, 0.29) is 0 Å². The third kappa shape index (κ3) is 3.44. The second kappa shape index (κ2) is 7.32. The van der Waals surface area contributed by atoms with Crippen molar-refractivity contribution in [2.75, 3.05) is 13.6 Å². The van der Waals surface area contributed by atoms with Gasteiger partial charge in [0.05, 0.1) is 5.69 Å². The standard InChI is InChI=1S/C18H25N5S/c1-4-15-16-17(22(3)20-15)23(18(24)19-16)12-8-11-21(2)13-14-9-6-5-7-10-14/h5-7,9-10H,4,8,11-13H2,1-3H3,(H,19,24). The molecule has 0 atom stereocenters. The number of fused-ring (bicyclic) bond motifs is 1. The van der Waals surface area contributed by atoms with Crippen LogP contribution in [0.25, 0.3) is 11.2 Å². The zero-order valence-corrected chi connectivity index (χ0v) is 15.4. The molecule has 0 aliphatic carbocycles. The van der Waals surface area contributed by atoms with Gasteiger partial charge >= 0.3 is 0 Å². The summed E-state index contributed by atoms with van der Waals surface area (Å²) in [5, 5.41) is 4.58. The van der Waals surface area contributed by atoms with Crippen molar-refractivity contribution in [3.05, 3.63) is 46.4 Å². The molecule has 2 aromatic heterocycles. The molecule has 1 aromatic carbocycles. The Bertz CT molecular complexity index is 859. The highest BCUT2D eigenvalue weighted by molar-refractivity contribution is 7.71. The number of hydrogen-bond donors (Lipinski definition) is 1. The summed E-state index contributed by atoms with van der Waals surface area (Å²) >= 11 is 5.51. The highest BCUT2D eigenvalue weighted by atomic mass is 32.1. The molecule has 1 N–H and O–H groups in total. The monoisotopic (exact) mass is 343 g/mol. The van der Waals surface area contributed by atoms with E-state index < -0.39 is 0 Å². The summed E-state index contributed by atoms with van der Waals surface area (Å²) in [6, 6.07) is 10.6. The fourth-order valence-electron chi connectivity index (χ4n) is 3.21. The molecule has 5 nitrogen and oxygen atoms in total. The molecule has 0 unspecified atom stereocenters. The van der Waals surface area contributed by atoms with Gasteiger partial charge in [0.1, 0.15) is 5.52 Å². The summed E-state index contributed by atoms with van der Waals surface area (Å²) in [6.45, 7) is 5.03. The van der Waals surface area contributed by atoms with Crippen LogP contribution in [0.15, 0.2) is 30.3 Å². The number of rotatable bonds is 7. The number of nitrogens with one attached hydrogen (secondary N) is 1. The van der Waals surface area contributed by atoms with Crippen LogP contribution in [0.3, 0.4) is 0 Å². The van der Waals surface area contributed by atoms with Crippen LogP contribution < -0.4 is 0 Å². The Labute approximate surface area is 147 Å². The van der Waals surface area contributed by atoms with E-state index >= 15 is 0 Å². The normalized spacial score (nSPS) is 11.7. The van der Waals surface area contributed by atoms with Crippen molar-refractivity contribution in [2.45, 2.75) is 32.9 Å². The predicted molar refractivity (Wildman–Crippen MR) is 101 cm³/mol. The van der Waals surface area contributed by atoms with Crippen molar-refractivity contribution in [3.8, 4) is 0 Å². The van der Waals surface area contributed by atoms with E-state index in [1.807, 2.05) is 11.7 Å². The first kappa shape index (κ1) is 16.9. The van der Waals surface area contributed by atoms with Crippen molar-refractivity contribution < 1.29 is 0 Å². The van der Waals surface area contributed by atoms with Crippen LogP contribution in [-0.2, 0) is 26.6 Å². The van der Waals surface area contributed by atoms with Crippen LogP contribution in [0.4, 0.5) is 0 Å². The Morgan fingerprint density at radius 2 is 2.00 bits per heavy atom. The molecular formula is C18H25N5S. The quantitative estimate of drug-likeness (QED) is 0.668. The first-order valence-corrected chi connectivity index (χ1v) is 8.87. The number of aromatic nitrogens is 4. The number of H-pyrrole nitrogens is 1. The van der Waals surface area contributed by atoms with Crippen LogP contribution in [0.2, 0.25) is 0 Å². The zero-order valence-electron chi connectivity index (χ0n) is 14.6. The fraction of sp³-hybridized carbons (Fsp3) is 0.444. The fourth-order valence-corrected chi connectivity index (χ4v) is 3.49. The van der Waals surface area contributed by atoms with Crippen LogP contribution in [-0.4, -0.2) is 37.8 Å². The Kier molecular flexibility index (Phi) is 5.16. The van der Waals surface area contributed by atoms with E-state index in [1.165, 1.54) is 5.56 Å². The molecule has 0 radical (unpaired) electrons. The van der Waals surface area contributed by atoms with Crippen molar-refractivity contribution in [3.63, 3.8) is 0 Å². The van der Waals surface area contributed by atoms with E-state index in [2.05, 4.69) is 63.9 Å². The lowest BCUT2D eigenvalue weighted by atomic mass is 10.2. The lowest BCUT2D eigenvalue weighted by Gasteiger charge is -2.16. The number of nitrogens with zero attached hydrogens (tertiary/aromatic N) is 4. The summed E-state index contributed by atoms with van der Waals surface area (Å²) < 4.78 is 4.90. The molecule has 0 saturated heterocycles. The summed E-state index contributed by atoms with van der Waals surface area (Å²) in [5.74, 6) is 0. The first-order chi connectivity index (χ1) is 11.6. The average Bonchev–Trinajstić information content (AvgIpc) is 3.05. The van der Waals surface area contributed by atoms with Gasteiger partial charge in [-0.2, -0.15) is 5.10 Å². The third-order valence-corrected chi connectivity index (χ3v) is 4.70. The Morgan fingerprint density at radius 1 is 1.25 bits per heavy atom. The smallest absolute Gasteiger partial charge is 0.179 e. The SMILES string of the molecule is CCc1nn(C)c2c1[nH]c(=S)n2CCCN(C)Cc1ccccc1. The van der Waals surface area contributed by atoms with E-state index in [0.29, 0.717) is 0 Å². The van der Waals surface area contributed by atoms with Gasteiger partial charge < -0.3 is 14.5 Å². The maximum absolute atomic E-state index is 5.51. The first-order valence-electron chi connectivity index (χ1n) is 8.47. The number of imidazole rings is 1. The number of aryl methyl sites for hydroxylation is 3. The second-order valence-electron chi connectivity index (χ2n) is 6.28. The van der Waals surface area contributed by atoms with Gasteiger partial charge in [0.25, 0.3) is 0 Å². The number of hydrogen-bond acceptors (Lipinski definition) is 3. The Balaban J connectivity index is 1.65. The summed E-state index contributed by atoms with van der Waals surface area (Å²) in [4.78, 5) is 5.68.